The minimum absolute atomic E-state index is 0.0159. The van der Waals surface area contributed by atoms with Crippen molar-refractivity contribution in [2.75, 3.05) is 38.0 Å². The Hall–Kier alpha value is -2.73. The molecule has 1 heterocycles. The number of piperazine rings is 1. The van der Waals surface area contributed by atoms with Crippen molar-refractivity contribution in [3.05, 3.63) is 65.5 Å². The summed E-state index contributed by atoms with van der Waals surface area (Å²) in [6.45, 7) is 6.32. The molecule has 1 saturated heterocycles. The number of halogens is 1. The van der Waals surface area contributed by atoms with Crippen LogP contribution in [0.3, 0.4) is 0 Å². The lowest BCUT2D eigenvalue weighted by Crippen LogP contribution is -2.48. The molecule has 1 aliphatic rings. The highest BCUT2D eigenvalue weighted by Gasteiger charge is 2.21. The van der Waals surface area contributed by atoms with Crippen LogP contribution in [0, 0.1) is 5.82 Å². The summed E-state index contributed by atoms with van der Waals surface area (Å²) in [7, 11) is 0. The van der Waals surface area contributed by atoms with Crippen LogP contribution in [-0.2, 0) is 0 Å². The van der Waals surface area contributed by atoms with Gasteiger partial charge >= 0.3 is 0 Å². The van der Waals surface area contributed by atoms with E-state index in [2.05, 4.69) is 17.1 Å². The van der Waals surface area contributed by atoms with Crippen LogP contribution in [0.1, 0.15) is 27.6 Å². The van der Waals surface area contributed by atoms with Gasteiger partial charge in [-0.2, -0.15) is 0 Å². The van der Waals surface area contributed by atoms with E-state index in [4.69, 9.17) is 0 Å². The first-order valence-corrected chi connectivity index (χ1v) is 8.75. The maximum atomic E-state index is 13.2. The number of hydrogen-bond donors (Lipinski definition) is 1. The first-order valence-electron chi connectivity index (χ1n) is 8.75. The molecular formula is C20H22FN3O2. The van der Waals surface area contributed by atoms with Gasteiger partial charge in [-0.05, 0) is 49.0 Å². The van der Waals surface area contributed by atoms with E-state index in [9.17, 15) is 14.0 Å². The zero-order chi connectivity index (χ0) is 18.5. The molecule has 6 heteroatoms. The molecule has 5 nitrogen and oxygen atoms in total. The van der Waals surface area contributed by atoms with Crippen molar-refractivity contribution in [3.8, 4) is 0 Å². The number of carbonyl (C=O) groups excluding carboxylic acids is 2. The number of amides is 2. The van der Waals surface area contributed by atoms with Gasteiger partial charge in [0.15, 0.2) is 0 Å². The molecule has 0 atom stereocenters. The Bertz CT molecular complexity index is 784. The maximum Gasteiger partial charge on any atom is 0.255 e. The van der Waals surface area contributed by atoms with Crippen molar-refractivity contribution in [1.82, 2.24) is 9.80 Å². The summed E-state index contributed by atoms with van der Waals surface area (Å²) in [6, 6.07) is 12.3. The zero-order valence-corrected chi connectivity index (χ0v) is 14.7. The lowest BCUT2D eigenvalue weighted by molar-refractivity contribution is 0.0643. The molecule has 0 aliphatic carbocycles. The van der Waals surface area contributed by atoms with Gasteiger partial charge in [-0.3, -0.25) is 9.59 Å². The van der Waals surface area contributed by atoms with E-state index < -0.39 is 5.82 Å². The van der Waals surface area contributed by atoms with Crippen molar-refractivity contribution in [1.29, 1.82) is 0 Å². The third kappa shape index (κ3) is 4.26. The summed E-state index contributed by atoms with van der Waals surface area (Å²) in [5.74, 6) is -0.768. The topological polar surface area (TPSA) is 52.7 Å². The number of hydrogen-bond acceptors (Lipinski definition) is 3. The number of carbonyl (C=O) groups is 2. The van der Waals surface area contributed by atoms with Gasteiger partial charge in [0.05, 0.1) is 0 Å². The summed E-state index contributed by atoms with van der Waals surface area (Å²) in [6.07, 6.45) is 0. The Morgan fingerprint density at radius 2 is 1.65 bits per heavy atom. The molecule has 1 fully saturated rings. The van der Waals surface area contributed by atoms with E-state index in [0.29, 0.717) is 29.9 Å². The highest BCUT2D eigenvalue weighted by molar-refractivity contribution is 6.05. The molecule has 1 aliphatic heterocycles. The molecule has 136 valence electrons. The van der Waals surface area contributed by atoms with Crippen molar-refractivity contribution in [3.63, 3.8) is 0 Å². The average Bonchev–Trinajstić information content (AvgIpc) is 2.67. The fourth-order valence-electron chi connectivity index (χ4n) is 2.98. The van der Waals surface area contributed by atoms with E-state index in [1.807, 2.05) is 4.90 Å². The minimum atomic E-state index is -0.410. The summed E-state index contributed by atoms with van der Waals surface area (Å²) in [4.78, 5) is 29.0. The molecule has 0 saturated carbocycles. The van der Waals surface area contributed by atoms with Crippen molar-refractivity contribution in [2.45, 2.75) is 6.92 Å². The summed E-state index contributed by atoms with van der Waals surface area (Å²) < 4.78 is 13.2. The van der Waals surface area contributed by atoms with Crippen LogP contribution in [0.5, 0.6) is 0 Å². The van der Waals surface area contributed by atoms with Gasteiger partial charge in [-0.25, -0.2) is 4.39 Å². The molecule has 0 bridgehead atoms. The van der Waals surface area contributed by atoms with Gasteiger partial charge in [0.2, 0.25) is 0 Å². The molecule has 3 rings (SSSR count). The van der Waals surface area contributed by atoms with Crippen molar-refractivity contribution in [2.24, 2.45) is 0 Å². The van der Waals surface area contributed by atoms with E-state index in [-0.39, 0.29) is 11.8 Å². The predicted molar refractivity (Wildman–Crippen MR) is 98.8 cm³/mol. The molecule has 1 N–H and O–H groups in total. The van der Waals surface area contributed by atoms with Crippen LogP contribution in [0.25, 0.3) is 0 Å². The molecule has 0 aromatic heterocycles. The Labute approximate surface area is 152 Å². The number of benzene rings is 2. The van der Waals surface area contributed by atoms with Gasteiger partial charge in [0, 0.05) is 43.0 Å². The summed E-state index contributed by atoms with van der Waals surface area (Å²) in [5.41, 5.74) is 1.38. The smallest absolute Gasteiger partial charge is 0.255 e. The van der Waals surface area contributed by atoms with Gasteiger partial charge in [-0.15, -0.1) is 0 Å². The van der Waals surface area contributed by atoms with E-state index in [0.717, 1.165) is 19.6 Å². The van der Waals surface area contributed by atoms with Crippen LogP contribution in [0.4, 0.5) is 10.1 Å². The number of rotatable bonds is 4. The van der Waals surface area contributed by atoms with Gasteiger partial charge in [-0.1, -0.05) is 13.0 Å². The second-order valence-corrected chi connectivity index (χ2v) is 6.27. The highest BCUT2D eigenvalue weighted by Crippen LogP contribution is 2.14. The first kappa shape index (κ1) is 18.1. The Kier molecular flexibility index (Phi) is 5.63. The van der Waals surface area contributed by atoms with Crippen molar-refractivity contribution < 1.29 is 14.0 Å². The highest BCUT2D eigenvalue weighted by atomic mass is 19.1. The number of nitrogens with one attached hydrogen (secondary N) is 1. The van der Waals surface area contributed by atoms with E-state index in [1.54, 1.807) is 30.3 Å². The number of likely N-dealkylation sites (N-methyl/N-ethyl adjacent to an activating group) is 1. The standard InChI is InChI=1S/C20H22FN3O2/c1-2-23-10-12-24(13-11-23)20(26)16-8-6-15(7-9-16)19(25)22-18-5-3-4-17(21)14-18/h3-9,14H,2,10-13H2,1H3,(H,22,25). The first-order chi connectivity index (χ1) is 12.6. The molecule has 0 spiro atoms. The quantitative estimate of drug-likeness (QED) is 0.918. The van der Waals surface area contributed by atoms with Crippen LogP contribution >= 0.6 is 0 Å². The van der Waals surface area contributed by atoms with Crippen LogP contribution in [0.15, 0.2) is 48.5 Å². The second-order valence-electron chi connectivity index (χ2n) is 6.27. The maximum absolute atomic E-state index is 13.2. The Morgan fingerprint density at radius 1 is 1.00 bits per heavy atom. The summed E-state index contributed by atoms with van der Waals surface area (Å²) >= 11 is 0. The van der Waals surface area contributed by atoms with Gasteiger partial charge in [0.1, 0.15) is 5.82 Å². The van der Waals surface area contributed by atoms with Crippen molar-refractivity contribution >= 4 is 17.5 Å². The summed E-state index contributed by atoms with van der Waals surface area (Å²) in [5, 5.41) is 2.64. The molecule has 2 aromatic carbocycles. The normalized spacial score (nSPS) is 14.9. The molecule has 0 unspecified atom stereocenters. The van der Waals surface area contributed by atoms with E-state index in [1.165, 1.54) is 18.2 Å². The lowest BCUT2D eigenvalue weighted by atomic mass is 10.1. The minimum Gasteiger partial charge on any atom is -0.336 e. The Morgan fingerprint density at radius 3 is 2.27 bits per heavy atom. The second kappa shape index (κ2) is 8.10. The van der Waals surface area contributed by atoms with Crippen LogP contribution < -0.4 is 5.32 Å². The largest absolute Gasteiger partial charge is 0.336 e. The predicted octanol–water partition coefficient (Wildman–Crippen LogP) is 2.86. The van der Waals surface area contributed by atoms with Crippen LogP contribution in [-0.4, -0.2) is 54.3 Å². The monoisotopic (exact) mass is 355 g/mol. The molecular weight excluding hydrogens is 333 g/mol. The fraction of sp³-hybridized carbons (Fsp3) is 0.300. The number of anilines is 1. The lowest BCUT2D eigenvalue weighted by Gasteiger charge is -2.34. The number of nitrogens with zero attached hydrogens (tertiary/aromatic N) is 2. The molecule has 2 aromatic rings. The third-order valence-corrected chi connectivity index (χ3v) is 4.58. The van der Waals surface area contributed by atoms with Gasteiger partial charge in [0.25, 0.3) is 11.8 Å². The fourth-order valence-corrected chi connectivity index (χ4v) is 2.98. The third-order valence-electron chi connectivity index (χ3n) is 4.58. The van der Waals surface area contributed by atoms with E-state index >= 15 is 0 Å². The Balaban J connectivity index is 1.62. The average molecular weight is 355 g/mol. The SMILES string of the molecule is CCN1CCN(C(=O)c2ccc(C(=O)Nc3cccc(F)c3)cc2)CC1. The molecule has 26 heavy (non-hydrogen) atoms. The van der Waals surface area contributed by atoms with Gasteiger partial charge < -0.3 is 15.1 Å². The molecule has 2 amide bonds. The zero-order valence-electron chi connectivity index (χ0n) is 14.7. The molecule has 0 radical (unpaired) electrons. The van der Waals surface area contributed by atoms with Crippen LogP contribution in [0.2, 0.25) is 0 Å².